The first-order valence-electron chi connectivity index (χ1n) is 8.57. The molecule has 0 aliphatic rings. The molecule has 3 heterocycles. The predicted octanol–water partition coefficient (Wildman–Crippen LogP) is 3.24. The van der Waals surface area contributed by atoms with Gasteiger partial charge in [-0.1, -0.05) is 18.2 Å². The van der Waals surface area contributed by atoms with Gasteiger partial charge in [0.25, 0.3) is 5.91 Å². The molecule has 2 N–H and O–H groups in total. The summed E-state index contributed by atoms with van der Waals surface area (Å²) in [6, 6.07) is 14.2. The zero-order valence-corrected chi connectivity index (χ0v) is 15.1. The first-order chi connectivity index (χ1) is 12.5. The molecule has 132 valence electrons. The summed E-state index contributed by atoms with van der Waals surface area (Å²) in [5, 5.41) is 8.42. The van der Waals surface area contributed by atoms with Crippen molar-refractivity contribution in [3.63, 3.8) is 0 Å². The fourth-order valence-electron chi connectivity index (χ4n) is 3.36. The lowest BCUT2D eigenvalue weighted by molar-refractivity contribution is 0.0950. The van der Waals surface area contributed by atoms with Crippen LogP contribution in [-0.4, -0.2) is 25.2 Å². The van der Waals surface area contributed by atoms with Crippen molar-refractivity contribution in [2.45, 2.75) is 20.4 Å². The minimum atomic E-state index is -0.140. The van der Waals surface area contributed by atoms with Gasteiger partial charge in [0, 0.05) is 29.6 Å². The number of carbonyl (C=O) groups is 1. The van der Waals surface area contributed by atoms with E-state index >= 15 is 0 Å². The molecule has 0 fully saturated rings. The number of benzene rings is 1. The number of fused-ring (bicyclic) bond motifs is 1. The maximum Gasteiger partial charge on any atom is 0.257 e. The van der Waals surface area contributed by atoms with Crippen molar-refractivity contribution in [3.05, 3.63) is 71.3 Å². The van der Waals surface area contributed by atoms with E-state index in [1.54, 1.807) is 10.9 Å². The molecule has 4 aromatic rings. The lowest BCUT2D eigenvalue weighted by Gasteiger charge is -2.12. The van der Waals surface area contributed by atoms with E-state index in [0.717, 1.165) is 33.8 Å². The summed E-state index contributed by atoms with van der Waals surface area (Å²) in [7, 11) is 1.85. The third-order valence-electron chi connectivity index (χ3n) is 4.66. The largest absolute Gasteiger partial charge is 0.357 e. The predicted molar refractivity (Wildman–Crippen MR) is 101 cm³/mol. The highest BCUT2D eigenvalue weighted by Gasteiger charge is 2.19. The summed E-state index contributed by atoms with van der Waals surface area (Å²) >= 11 is 0. The van der Waals surface area contributed by atoms with Gasteiger partial charge >= 0.3 is 0 Å². The van der Waals surface area contributed by atoms with Crippen LogP contribution in [0.2, 0.25) is 0 Å². The van der Waals surface area contributed by atoms with Gasteiger partial charge in [-0.15, -0.1) is 0 Å². The summed E-state index contributed by atoms with van der Waals surface area (Å²) in [4.78, 5) is 16.1. The van der Waals surface area contributed by atoms with Crippen LogP contribution in [0.1, 0.15) is 27.4 Å². The van der Waals surface area contributed by atoms with Gasteiger partial charge in [0.05, 0.1) is 12.7 Å². The Hall–Kier alpha value is -3.28. The first kappa shape index (κ1) is 16.2. The molecule has 0 spiro atoms. The molecule has 0 bridgehead atoms. The van der Waals surface area contributed by atoms with Crippen LogP contribution in [0, 0.1) is 13.8 Å². The summed E-state index contributed by atoms with van der Waals surface area (Å²) in [5.74, 6) is 0.637. The van der Waals surface area contributed by atoms with Crippen molar-refractivity contribution < 1.29 is 4.79 Å². The van der Waals surface area contributed by atoms with Crippen molar-refractivity contribution in [2.24, 2.45) is 7.05 Å². The zero-order valence-electron chi connectivity index (χ0n) is 15.1. The number of amides is 1. The minimum absolute atomic E-state index is 0.140. The van der Waals surface area contributed by atoms with Crippen molar-refractivity contribution in [2.75, 3.05) is 0 Å². The second-order valence-corrected chi connectivity index (χ2v) is 6.52. The van der Waals surface area contributed by atoms with E-state index in [1.807, 2.05) is 61.9 Å². The lowest BCUT2D eigenvalue weighted by atomic mass is 10.2. The van der Waals surface area contributed by atoms with Crippen LogP contribution >= 0.6 is 0 Å². The summed E-state index contributed by atoms with van der Waals surface area (Å²) in [5.41, 5.74) is 4.73. The average Bonchev–Trinajstić information content (AvgIpc) is 3.30. The fourth-order valence-corrected chi connectivity index (χ4v) is 3.36. The van der Waals surface area contributed by atoms with E-state index in [9.17, 15) is 4.79 Å². The zero-order chi connectivity index (χ0) is 18.3. The molecule has 26 heavy (non-hydrogen) atoms. The Morgan fingerprint density at radius 1 is 1.15 bits per heavy atom. The van der Waals surface area contributed by atoms with E-state index in [-0.39, 0.29) is 5.91 Å². The molecule has 1 amide bonds. The molecule has 0 atom stereocenters. The molecule has 0 aliphatic carbocycles. The Kier molecular flexibility index (Phi) is 3.88. The summed E-state index contributed by atoms with van der Waals surface area (Å²) in [6.07, 6.45) is 1.62. The Morgan fingerprint density at radius 2 is 1.88 bits per heavy atom. The average molecular weight is 347 g/mol. The Labute approximate surface area is 151 Å². The van der Waals surface area contributed by atoms with E-state index < -0.39 is 0 Å². The smallest absolute Gasteiger partial charge is 0.257 e. The molecule has 3 aromatic heterocycles. The van der Waals surface area contributed by atoms with Crippen LogP contribution in [0.4, 0.5) is 0 Å². The van der Waals surface area contributed by atoms with Crippen molar-refractivity contribution in [1.82, 2.24) is 24.6 Å². The van der Waals surface area contributed by atoms with Gasteiger partial charge in [0.1, 0.15) is 11.4 Å². The van der Waals surface area contributed by atoms with Crippen LogP contribution in [0.25, 0.3) is 16.7 Å². The minimum Gasteiger partial charge on any atom is -0.357 e. The van der Waals surface area contributed by atoms with E-state index in [1.165, 1.54) is 0 Å². The number of rotatable bonds is 4. The highest BCUT2D eigenvalue weighted by atomic mass is 16.1. The van der Waals surface area contributed by atoms with Crippen LogP contribution in [-0.2, 0) is 13.6 Å². The van der Waals surface area contributed by atoms with Gasteiger partial charge in [0.15, 0.2) is 0 Å². The van der Waals surface area contributed by atoms with Gasteiger partial charge in [-0.25, -0.2) is 0 Å². The molecule has 6 heteroatoms. The maximum atomic E-state index is 12.8. The summed E-state index contributed by atoms with van der Waals surface area (Å²) < 4.78 is 3.78. The van der Waals surface area contributed by atoms with E-state index in [4.69, 9.17) is 0 Å². The van der Waals surface area contributed by atoms with Crippen LogP contribution < -0.4 is 5.32 Å². The molecule has 0 saturated heterocycles. The standard InChI is InChI=1S/C20H21N5O/c1-13-8-9-14(2)25(13)20-17(12-22-24(20)3)19(26)21-11-16-10-15-6-4-5-7-18(15)23-16/h4-10,12,23H,11H2,1-3H3,(H,21,26). The topological polar surface area (TPSA) is 67.6 Å². The molecular weight excluding hydrogens is 326 g/mol. The van der Waals surface area contributed by atoms with Gasteiger partial charge in [-0.3, -0.25) is 9.48 Å². The normalized spacial score (nSPS) is 11.2. The monoisotopic (exact) mass is 347 g/mol. The van der Waals surface area contributed by atoms with Gasteiger partial charge in [0.2, 0.25) is 0 Å². The second-order valence-electron chi connectivity index (χ2n) is 6.52. The fraction of sp³-hybridized carbons (Fsp3) is 0.200. The van der Waals surface area contributed by atoms with Crippen molar-refractivity contribution in [3.8, 4) is 5.82 Å². The number of hydrogen-bond acceptors (Lipinski definition) is 2. The lowest BCUT2D eigenvalue weighted by Crippen LogP contribution is -2.24. The highest BCUT2D eigenvalue weighted by molar-refractivity contribution is 5.97. The van der Waals surface area contributed by atoms with Crippen molar-refractivity contribution >= 4 is 16.8 Å². The van der Waals surface area contributed by atoms with Crippen molar-refractivity contribution in [1.29, 1.82) is 0 Å². The third kappa shape index (κ3) is 2.69. The molecule has 4 rings (SSSR count). The molecule has 0 radical (unpaired) electrons. The molecule has 0 saturated carbocycles. The number of carbonyl (C=O) groups excluding carboxylic acids is 1. The van der Waals surface area contributed by atoms with Gasteiger partial charge in [-0.2, -0.15) is 5.10 Å². The Balaban J connectivity index is 1.59. The Morgan fingerprint density at radius 3 is 2.62 bits per heavy atom. The number of nitrogens with zero attached hydrogens (tertiary/aromatic N) is 3. The van der Waals surface area contributed by atoms with Crippen LogP contribution in [0.5, 0.6) is 0 Å². The molecule has 1 aromatic carbocycles. The molecule has 0 unspecified atom stereocenters. The third-order valence-corrected chi connectivity index (χ3v) is 4.66. The Bertz CT molecular complexity index is 1050. The number of H-pyrrole nitrogens is 1. The number of aromatic nitrogens is 4. The van der Waals surface area contributed by atoms with Crippen LogP contribution in [0.15, 0.2) is 48.7 Å². The number of para-hydroxylation sites is 1. The number of hydrogen-bond donors (Lipinski definition) is 2. The van der Waals surface area contributed by atoms with Crippen LogP contribution in [0.3, 0.4) is 0 Å². The summed E-state index contributed by atoms with van der Waals surface area (Å²) in [6.45, 7) is 4.48. The second kappa shape index (κ2) is 6.22. The molecule has 0 aliphatic heterocycles. The number of aryl methyl sites for hydroxylation is 3. The number of aromatic amines is 1. The SMILES string of the molecule is Cc1ccc(C)n1-c1c(C(=O)NCc2cc3ccccc3[nH]2)cnn1C. The van der Waals surface area contributed by atoms with Gasteiger partial charge in [-0.05, 0) is 43.5 Å². The maximum absolute atomic E-state index is 12.8. The molecular formula is C20H21N5O. The quantitative estimate of drug-likeness (QED) is 0.595. The first-order valence-corrected chi connectivity index (χ1v) is 8.57. The molecule has 6 nitrogen and oxygen atoms in total. The van der Waals surface area contributed by atoms with E-state index in [0.29, 0.717) is 12.1 Å². The van der Waals surface area contributed by atoms with E-state index in [2.05, 4.69) is 21.5 Å². The number of nitrogens with one attached hydrogen (secondary N) is 2. The highest BCUT2D eigenvalue weighted by Crippen LogP contribution is 2.20. The van der Waals surface area contributed by atoms with Gasteiger partial charge < -0.3 is 14.9 Å².